The molecule has 1 aliphatic heterocycles. The molecule has 0 aliphatic carbocycles. The number of carboxylic acid groups (broad SMARTS) is 1. The quantitative estimate of drug-likeness (QED) is 0.783. The summed E-state index contributed by atoms with van der Waals surface area (Å²) in [5.74, 6) is -1.06. The van der Waals surface area contributed by atoms with Gasteiger partial charge in [-0.15, -0.1) is 0 Å². The van der Waals surface area contributed by atoms with Crippen LogP contribution in [0.25, 0.3) is 0 Å². The van der Waals surface area contributed by atoms with Crippen molar-refractivity contribution in [2.45, 2.75) is 25.8 Å². The molecule has 1 aromatic carbocycles. The molecule has 0 fully saturated rings. The molecule has 1 aliphatic rings. The number of nitrogens with one attached hydrogen (secondary N) is 1. The van der Waals surface area contributed by atoms with Crippen molar-refractivity contribution in [1.29, 1.82) is 0 Å². The minimum Gasteiger partial charge on any atom is -0.481 e. The van der Waals surface area contributed by atoms with Crippen LogP contribution in [0.2, 0.25) is 0 Å². The summed E-state index contributed by atoms with van der Waals surface area (Å²) in [6.07, 6.45) is 0.562. The van der Waals surface area contributed by atoms with Crippen molar-refractivity contribution in [3.05, 3.63) is 34.9 Å². The Hall–Kier alpha value is -1.84. The van der Waals surface area contributed by atoms with Crippen molar-refractivity contribution < 1.29 is 14.7 Å². The Morgan fingerprint density at radius 3 is 3.00 bits per heavy atom. The Bertz CT molecular complexity index is 454. The third kappa shape index (κ3) is 2.05. The van der Waals surface area contributed by atoms with E-state index in [1.165, 1.54) is 0 Å². The van der Waals surface area contributed by atoms with Crippen LogP contribution in [0.5, 0.6) is 0 Å². The number of hydrogen-bond acceptors (Lipinski definition) is 2. The third-order valence-corrected chi connectivity index (χ3v) is 2.73. The molecule has 84 valence electrons. The third-order valence-electron chi connectivity index (χ3n) is 2.73. The summed E-state index contributed by atoms with van der Waals surface area (Å²) in [5.41, 5.74) is 2.63. The SMILES string of the molecule is Cc1ccc2c(c1)C(=O)NC(CC(=O)O)C2. The lowest BCUT2D eigenvalue weighted by Gasteiger charge is -2.24. The van der Waals surface area contributed by atoms with Crippen LogP contribution in [0, 0.1) is 6.92 Å². The minimum absolute atomic E-state index is 0.0287. The summed E-state index contributed by atoms with van der Waals surface area (Å²) in [5, 5.41) is 11.4. The fraction of sp³-hybridized carbons (Fsp3) is 0.333. The second-order valence-corrected chi connectivity index (χ2v) is 4.13. The van der Waals surface area contributed by atoms with Gasteiger partial charge in [-0.3, -0.25) is 9.59 Å². The molecule has 1 atom stereocenters. The number of carbonyl (C=O) groups is 2. The van der Waals surface area contributed by atoms with Crippen LogP contribution in [0.15, 0.2) is 18.2 Å². The molecular weight excluding hydrogens is 206 g/mol. The lowest BCUT2D eigenvalue weighted by atomic mass is 9.92. The Morgan fingerprint density at radius 1 is 1.56 bits per heavy atom. The van der Waals surface area contributed by atoms with Gasteiger partial charge in [-0.05, 0) is 25.0 Å². The molecule has 0 saturated heterocycles. The van der Waals surface area contributed by atoms with Crippen LogP contribution in [0.3, 0.4) is 0 Å². The molecule has 0 aromatic heterocycles. The standard InChI is InChI=1S/C12H13NO3/c1-7-2-3-8-5-9(6-11(14)15)13-12(16)10(8)4-7/h2-4,9H,5-6H2,1H3,(H,13,16)(H,14,15). The molecule has 4 nitrogen and oxygen atoms in total. The summed E-state index contributed by atoms with van der Waals surface area (Å²) in [7, 11) is 0. The summed E-state index contributed by atoms with van der Waals surface area (Å²) < 4.78 is 0. The first-order chi connectivity index (χ1) is 7.56. The molecule has 4 heteroatoms. The maximum Gasteiger partial charge on any atom is 0.305 e. The van der Waals surface area contributed by atoms with Gasteiger partial charge in [0.15, 0.2) is 0 Å². The smallest absolute Gasteiger partial charge is 0.305 e. The number of aliphatic carboxylic acids is 1. The second kappa shape index (κ2) is 3.96. The Kier molecular flexibility index (Phi) is 2.64. The first-order valence-corrected chi connectivity index (χ1v) is 5.18. The maximum atomic E-state index is 11.7. The summed E-state index contributed by atoms with van der Waals surface area (Å²) in [6, 6.07) is 5.38. The van der Waals surface area contributed by atoms with Crippen molar-refractivity contribution in [2.24, 2.45) is 0 Å². The van der Waals surface area contributed by atoms with Crippen molar-refractivity contribution >= 4 is 11.9 Å². The second-order valence-electron chi connectivity index (χ2n) is 4.13. The lowest BCUT2D eigenvalue weighted by molar-refractivity contribution is -0.137. The molecular formula is C12H13NO3. The van der Waals surface area contributed by atoms with E-state index < -0.39 is 5.97 Å². The predicted molar refractivity (Wildman–Crippen MR) is 58.4 cm³/mol. The van der Waals surface area contributed by atoms with E-state index in [1.807, 2.05) is 25.1 Å². The zero-order valence-corrected chi connectivity index (χ0v) is 8.99. The molecule has 2 N–H and O–H groups in total. The lowest BCUT2D eigenvalue weighted by Crippen LogP contribution is -2.42. The van der Waals surface area contributed by atoms with E-state index in [2.05, 4.69) is 5.32 Å². The van der Waals surface area contributed by atoms with E-state index in [0.29, 0.717) is 12.0 Å². The fourth-order valence-electron chi connectivity index (χ4n) is 1.99. The van der Waals surface area contributed by atoms with Crippen molar-refractivity contribution in [3.8, 4) is 0 Å². The van der Waals surface area contributed by atoms with Crippen LogP contribution < -0.4 is 5.32 Å². The van der Waals surface area contributed by atoms with Crippen LogP contribution in [-0.4, -0.2) is 23.0 Å². The monoisotopic (exact) mass is 219 g/mol. The average molecular weight is 219 g/mol. The average Bonchev–Trinajstić information content (AvgIpc) is 2.18. The van der Waals surface area contributed by atoms with Crippen LogP contribution in [-0.2, 0) is 11.2 Å². The first-order valence-electron chi connectivity index (χ1n) is 5.18. The molecule has 1 aromatic rings. The highest BCUT2D eigenvalue weighted by atomic mass is 16.4. The van der Waals surface area contributed by atoms with E-state index in [4.69, 9.17) is 5.11 Å². The van der Waals surface area contributed by atoms with Crippen LogP contribution in [0.1, 0.15) is 27.9 Å². The van der Waals surface area contributed by atoms with Crippen molar-refractivity contribution in [2.75, 3.05) is 0 Å². The van der Waals surface area contributed by atoms with Crippen molar-refractivity contribution in [3.63, 3.8) is 0 Å². The number of amides is 1. The van der Waals surface area contributed by atoms with E-state index >= 15 is 0 Å². The van der Waals surface area contributed by atoms with Gasteiger partial charge in [0.2, 0.25) is 0 Å². The molecule has 1 amide bonds. The number of carbonyl (C=O) groups excluding carboxylic acids is 1. The normalized spacial score (nSPS) is 18.8. The predicted octanol–water partition coefficient (Wildman–Crippen LogP) is 1.12. The molecule has 0 spiro atoms. The highest BCUT2D eigenvalue weighted by Gasteiger charge is 2.25. The Labute approximate surface area is 93.3 Å². The van der Waals surface area contributed by atoms with E-state index in [9.17, 15) is 9.59 Å². The van der Waals surface area contributed by atoms with Gasteiger partial charge in [0.1, 0.15) is 0 Å². The van der Waals surface area contributed by atoms with Gasteiger partial charge in [-0.25, -0.2) is 0 Å². The van der Waals surface area contributed by atoms with Crippen molar-refractivity contribution in [1.82, 2.24) is 5.32 Å². The van der Waals surface area contributed by atoms with Gasteiger partial charge in [0.25, 0.3) is 5.91 Å². The molecule has 16 heavy (non-hydrogen) atoms. The van der Waals surface area contributed by atoms with Crippen LogP contribution in [0.4, 0.5) is 0 Å². The highest BCUT2D eigenvalue weighted by molar-refractivity contribution is 5.97. The summed E-state index contributed by atoms with van der Waals surface area (Å²) in [4.78, 5) is 22.3. The van der Waals surface area contributed by atoms with Gasteiger partial charge in [0.05, 0.1) is 6.42 Å². The number of hydrogen-bond donors (Lipinski definition) is 2. The molecule has 0 bridgehead atoms. The zero-order valence-electron chi connectivity index (χ0n) is 8.99. The Morgan fingerprint density at radius 2 is 2.31 bits per heavy atom. The number of carboxylic acids is 1. The van der Waals surface area contributed by atoms with Gasteiger partial charge in [0, 0.05) is 11.6 Å². The first kappa shape index (κ1) is 10.7. The fourth-order valence-corrected chi connectivity index (χ4v) is 1.99. The zero-order chi connectivity index (χ0) is 11.7. The maximum absolute atomic E-state index is 11.7. The van der Waals surface area contributed by atoms with Gasteiger partial charge in [-0.1, -0.05) is 17.7 Å². The Balaban J connectivity index is 2.26. The van der Waals surface area contributed by atoms with Gasteiger partial charge < -0.3 is 10.4 Å². The number of aryl methyl sites for hydroxylation is 1. The van der Waals surface area contributed by atoms with E-state index in [1.54, 1.807) is 0 Å². The number of fused-ring (bicyclic) bond motifs is 1. The number of benzene rings is 1. The molecule has 1 unspecified atom stereocenters. The van der Waals surface area contributed by atoms with Gasteiger partial charge in [-0.2, -0.15) is 0 Å². The topological polar surface area (TPSA) is 66.4 Å². The van der Waals surface area contributed by atoms with E-state index in [-0.39, 0.29) is 18.4 Å². The molecule has 2 rings (SSSR count). The summed E-state index contributed by atoms with van der Waals surface area (Å²) >= 11 is 0. The number of rotatable bonds is 2. The molecule has 0 saturated carbocycles. The summed E-state index contributed by atoms with van der Waals surface area (Å²) in [6.45, 7) is 1.93. The highest BCUT2D eigenvalue weighted by Crippen LogP contribution is 2.19. The van der Waals surface area contributed by atoms with Crippen LogP contribution >= 0.6 is 0 Å². The molecule has 1 heterocycles. The van der Waals surface area contributed by atoms with Gasteiger partial charge >= 0.3 is 5.97 Å². The van der Waals surface area contributed by atoms with E-state index in [0.717, 1.165) is 11.1 Å². The molecule has 0 radical (unpaired) electrons. The largest absolute Gasteiger partial charge is 0.481 e. The minimum atomic E-state index is -0.888.